The van der Waals surface area contributed by atoms with E-state index >= 15 is 0 Å². The fourth-order valence-electron chi connectivity index (χ4n) is 1.55. The number of imidazole rings is 1. The van der Waals surface area contributed by atoms with Crippen molar-refractivity contribution in [2.45, 2.75) is 10.9 Å². The molecule has 0 amide bonds. The highest BCUT2D eigenvalue weighted by Gasteiger charge is 2.08. The number of fused-ring (bicyclic) bond motifs is 1. The second-order valence-corrected chi connectivity index (χ2v) is 5.87. The molecular formula is C11H9ClN4S2. The Morgan fingerprint density at radius 1 is 1.44 bits per heavy atom. The number of aromatic nitrogens is 4. The van der Waals surface area contributed by atoms with Gasteiger partial charge in [-0.15, -0.1) is 11.3 Å². The summed E-state index contributed by atoms with van der Waals surface area (Å²) < 4.78 is 1.97. The van der Waals surface area contributed by atoms with Crippen LogP contribution in [0.5, 0.6) is 0 Å². The second-order valence-electron chi connectivity index (χ2n) is 3.68. The highest BCUT2D eigenvalue weighted by molar-refractivity contribution is 7.98. The maximum Gasteiger partial charge on any atom is 0.168 e. The van der Waals surface area contributed by atoms with Crippen LogP contribution in [0.25, 0.3) is 10.2 Å². The van der Waals surface area contributed by atoms with Gasteiger partial charge in [-0.3, -0.25) is 0 Å². The van der Waals surface area contributed by atoms with Crippen LogP contribution in [-0.2, 0) is 12.8 Å². The molecule has 0 fully saturated rings. The summed E-state index contributed by atoms with van der Waals surface area (Å²) in [6, 6.07) is 1.94. The number of rotatable bonds is 3. The summed E-state index contributed by atoms with van der Waals surface area (Å²) in [6.07, 6.45) is 3.69. The molecule has 0 aliphatic heterocycles. The van der Waals surface area contributed by atoms with Crippen molar-refractivity contribution in [1.29, 1.82) is 0 Å². The minimum absolute atomic E-state index is 0.525. The molecule has 0 radical (unpaired) electrons. The van der Waals surface area contributed by atoms with Crippen molar-refractivity contribution >= 4 is 44.9 Å². The molecule has 0 saturated carbocycles. The van der Waals surface area contributed by atoms with Gasteiger partial charge in [-0.1, -0.05) is 23.4 Å². The third-order valence-electron chi connectivity index (χ3n) is 2.43. The maximum absolute atomic E-state index is 6.12. The molecule has 0 aliphatic carbocycles. The van der Waals surface area contributed by atoms with E-state index < -0.39 is 0 Å². The molecule has 7 heteroatoms. The molecule has 3 rings (SSSR count). The Balaban J connectivity index is 1.84. The predicted octanol–water partition coefficient (Wildman–Crippen LogP) is 3.37. The highest BCUT2D eigenvalue weighted by Crippen LogP contribution is 2.26. The summed E-state index contributed by atoms with van der Waals surface area (Å²) >= 11 is 9.30. The summed E-state index contributed by atoms with van der Waals surface area (Å²) in [5.74, 6) is 1.40. The summed E-state index contributed by atoms with van der Waals surface area (Å²) in [4.78, 5) is 14.0. The van der Waals surface area contributed by atoms with Gasteiger partial charge in [-0.2, -0.15) is 0 Å². The number of halogens is 1. The molecule has 3 aromatic heterocycles. The monoisotopic (exact) mass is 296 g/mol. The van der Waals surface area contributed by atoms with Crippen molar-refractivity contribution < 1.29 is 0 Å². The second kappa shape index (κ2) is 4.87. The number of thiophene rings is 1. The Morgan fingerprint density at radius 3 is 3.11 bits per heavy atom. The first-order valence-electron chi connectivity index (χ1n) is 5.24. The van der Waals surface area contributed by atoms with Crippen molar-refractivity contribution in [3.8, 4) is 0 Å². The van der Waals surface area contributed by atoms with Gasteiger partial charge in [-0.25, -0.2) is 15.0 Å². The van der Waals surface area contributed by atoms with Crippen molar-refractivity contribution in [2.75, 3.05) is 0 Å². The highest BCUT2D eigenvalue weighted by atomic mass is 35.5. The zero-order chi connectivity index (χ0) is 12.5. The van der Waals surface area contributed by atoms with Gasteiger partial charge in [-0.05, 0) is 11.4 Å². The maximum atomic E-state index is 6.12. The van der Waals surface area contributed by atoms with Crippen LogP contribution in [0.2, 0.25) is 5.15 Å². The van der Waals surface area contributed by atoms with E-state index in [0.29, 0.717) is 10.9 Å². The summed E-state index contributed by atoms with van der Waals surface area (Å²) in [5.41, 5.74) is 0. The van der Waals surface area contributed by atoms with Crippen LogP contribution in [0.15, 0.2) is 29.0 Å². The lowest BCUT2D eigenvalue weighted by atomic mass is 10.4. The van der Waals surface area contributed by atoms with Crippen molar-refractivity contribution in [1.82, 2.24) is 19.5 Å². The van der Waals surface area contributed by atoms with E-state index in [0.717, 1.165) is 21.2 Å². The van der Waals surface area contributed by atoms with Crippen molar-refractivity contribution in [3.05, 3.63) is 34.8 Å². The minimum atomic E-state index is 0.525. The van der Waals surface area contributed by atoms with Crippen LogP contribution in [0.3, 0.4) is 0 Å². The molecule has 3 heterocycles. The van der Waals surface area contributed by atoms with Gasteiger partial charge < -0.3 is 4.57 Å². The lowest BCUT2D eigenvalue weighted by Crippen LogP contribution is -1.95. The summed E-state index contributed by atoms with van der Waals surface area (Å²) in [6.45, 7) is 0. The standard InChI is InChI=1S/C11H9ClN4S2/c1-16-4-3-13-11(16)18-6-8-14-9(12)7-2-5-17-10(7)15-8/h2-5H,6H2,1H3. The van der Waals surface area contributed by atoms with Crippen molar-refractivity contribution in [2.24, 2.45) is 7.05 Å². The summed E-state index contributed by atoms with van der Waals surface area (Å²) in [7, 11) is 1.96. The zero-order valence-electron chi connectivity index (χ0n) is 9.50. The van der Waals surface area contributed by atoms with Crippen LogP contribution in [-0.4, -0.2) is 19.5 Å². The third-order valence-corrected chi connectivity index (χ3v) is 4.58. The fourth-order valence-corrected chi connectivity index (χ4v) is 3.42. The number of hydrogen-bond donors (Lipinski definition) is 0. The lowest BCUT2D eigenvalue weighted by Gasteiger charge is -2.02. The predicted molar refractivity (Wildman–Crippen MR) is 75.2 cm³/mol. The zero-order valence-corrected chi connectivity index (χ0v) is 11.9. The van der Waals surface area contributed by atoms with Crippen LogP contribution in [0, 0.1) is 0 Å². The van der Waals surface area contributed by atoms with Crippen LogP contribution in [0.1, 0.15) is 5.82 Å². The molecule has 18 heavy (non-hydrogen) atoms. The SMILES string of the molecule is Cn1ccnc1SCc1nc(Cl)c2ccsc2n1. The normalized spacial score (nSPS) is 11.2. The summed E-state index contributed by atoms with van der Waals surface area (Å²) in [5, 5.41) is 4.37. The molecular weight excluding hydrogens is 288 g/mol. The van der Waals surface area contributed by atoms with Gasteiger partial charge in [0.05, 0.1) is 5.75 Å². The Hall–Kier alpha value is -1.11. The molecule has 4 nitrogen and oxygen atoms in total. The molecule has 0 unspecified atom stereocenters. The average Bonchev–Trinajstić information content (AvgIpc) is 2.95. The Kier molecular flexibility index (Phi) is 3.23. The topological polar surface area (TPSA) is 43.6 Å². The van der Waals surface area contributed by atoms with E-state index in [9.17, 15) is 0 Å². The number of nitrogens with zero attached hydrogens (tertiary/aromatic N) is 4. The fraction of sp³-hybridized carbons (Fsp3) is 0.182. The van der Waals surface area contributed by atoms with E-state index in [1.807, 2.05) is 29.3 Å². The average molecular weight is 297 g/mol. The van der Waals surface area contributed by atoms with Crippen molar-refractivity contribution in [3.63, 3.8) is 0 Å². The molecule has 0 spiro atoms. The van der Waals surface area contributed by atoms with Gasteiger partial charge in [0.15, 0.2) is 5.16 Å². The van der Waals surface area contributed by atoms with Gasteiger partial charge in [0.2, 0.25) is 0 Å². The molecule has 0 N–H and O–H groups in total. The van der Waals surface area contributed by atoms with Crippen LogP contribution >= 0.6 is 34.7 Å². The van der Waals surface area contributed by atoms with E-state index in [-0.39, 0.29) is 0 Å². The minimum Gasteiger partial charge on any atom is -0.329 e. The van der Waals surface area contributed by atoms with Gasteiger partial charge in [0, 0.05) is 24.8 Å². The molecule has 3 aromatic rings. The molecule has 0 bridgehead atoms. The largest absolute Gasteiger partial charge is 0.329 e. The lowest BCUT2D eigenvalue weighted by molar-refractivity contribution is 0.789. The van der Waals surface area contributed by atoms with Gasteiger partial charge >= 0.3 is 0 Å². The number of thioether (sulfide) groups is 1. The first kappa shape index (κ1) is 12.0. The smallest absolute Gasteiger partial charge is 0.168 e. The van der Waals surface area contributed by atoms with Gasteiger partial charge in [0.25, 0.3) is 0 Å². The van der Waals surface area contributed by atoms with E-state index in [4.69, 9.17) is 11.6 Å². The first-order chi connectivity index (χ1) is 8.74. The van der Waals surface area contributed by atoms with E-state index in [2.05, 4.69) is 15.0 Å². The molecule has 0 atom stereocenters. The number of hydrogen-bond acceptors (Lipinski definition) is 5. The molecule has 0 aliphatic rings. The Labute approximate surface area is 117 Å². The van der Waals surface area contributed by atoms with Crippen LogP contribution in [0.4, 0.5) is 0 Å². The van der Waals surface area contributed by atoms with E-state index in [1.54, 1.807) is 29.3 Å². The molecule has 0 aromatic carbocycles. The number of aryl methyl sites for hydroxylation is 1. The molecule has 0 saturated heterocycles. The van der Waals surface area contributed by atoms with Crippen LogP contribution < -0.4 is 0 Å². The third kappa shape index (κ3) is 2.23. The van der Waals surface area contributed by atoms with Gasteiger partial charge in [0.1, 0.15) is 15.8 Å². The quantitative estimate of drug-likeness (QED) is 0.549. The van der Waals surface area contributed by atoms with E-state index in [1.165, 1.54) is 0 Å². The Bertz CT molecular complexity index is 691. The molecule has 92 valence electrons. The first-order valence-corrected chi connectivity index (χ1v) is 7.48. The Morgan fingerprint density at radius 2 is 2.33 bits per heavy atom.